The molecule has 0 spiro atoms. The molecule has 1 aliphatic rings. The van der Waals surface area contributed by atoms with Gasteiger partial charge in [0.05, 0.1) is 17.6 Å². The minimum absolute atomic E-state index is 0.0911. The zero-order chi connectivity index (χ0) is 20.4. The standard InChI is InChI=1S/C23H22N2O4/c1-15-9-10-18(25(27)28)13-21(15)23(26)24-22(17-11-12-29-14-17)20-8-4-6-16-5-2-3-7-19(16)20/h2-10,13,17,22H,11-12,14H2,1H3,(H,24,26). The summed E-state index contributed by atoms with van der Waals surface area (Å²) in [5.74, 6) is -0.167. The Labute approximate surface area is 168 Å². The van der Waals surface area contributed by atoms with Gasteiger partial charge in [-0.2, -0.15) is 0 Å². The molecule has 29 heavy (non-hydrogen) atoms. The Morgan fingerprint density at radius 1 is 1.17 bits per heavy atom. The van der Waals surface area contributed by atoms with Crippen LogP contribution in [0.4, 0.5) is 5.69 Å². The van der Waals surface area contributed by atoms with E-state index < -0.39 is 4.92 Å². The zero-order valence-corrected chi connectivity index (χ0v) is 16.1. The molecule has 1 saturated heterocycles. The first kappa shape index (κ1) is 19.1. The SMILES string of the molecule is Cc1ccc([N+](=O)[O-])cc1C(=O)NC(c1cccc2ccccc12)C1CCOC1. The Morgan fingerprint density at radius 2 is 1.97 bits per heavy atom. The van der Waals surface area contributed by atoms with Crippen molar-refractivity contribution in [3.63, 3.8) is 0 Å². The summed E-state index contributed by atoms with van der Waals surface area (Å²) in [5, 5.41) is 16.5. The van der Waals surface area contributed by atoms with E-state index in [0.29, 0.717) is 24.3 Å². The highest BCUT2D eigenvalue weighted by molar-refractivity contribution is 5.97. The average molecular weight is 390 g/mol. The van der Waals surface area contributed by atoms with E-state index in [0.717, 1.165) is 22.8 Å². The Hall–Kier alpha value is -3.25. The molecule has 4 rings (SSSR count). The van der Waals surface area contributed by atoms with Crippen LogP contribution < -0.4 is 5.32 Å². The summed E-state index contributed by atoms with van der Waals surface area (Å²) < 4.78 is 5.59. The summed E-state index contributed by atoms with van der Waals surface area (Å²) >= 11 is 0. The van der Waals surface area contributed by atoms with Crippen molar-refractivity contribution in [2.24, 2.45) is 5.92 Å². The number of fused-ring (bicyclic) bond motifs is 1. The average Bonchev–Trinajstić information content (AvgIpc) is 3.26. The molecule has 1 N–H and O–H groups in total. The maximum absolute atomic E-state index is 13.1. The van der Waals surface area contributed by atoms with Gasteiger partial charge in [-0.3, -0.25) is 14.9 Å². The van der Waals surface area contributed by atoms with Gasteiger partial charge in [0.25, 0.3) is 11.6 Å². The minimum Gasteiger partial charge on any atom is -0.381 e. The number of nitrogens with one attached hydrogen (secondary N) is 1. The minimum atomic E-state index is -0.483. The Morgan fingerprint density at radius 3 is 2.72 bits per heavy atom. The number of carbonyl (C=O) groups is 1. The molecular formula is C23H22N2O4. The predicted molar refractivity (Wildman–Crippen MR) is 111 cm³/mol. The molecule has 1 aliphatic heterocycles. The first-order chi connectivity index (χ1) is 14.0. The van der Waals surface area contributed by atoms with Crippen molar-refractivity contribution in [1.29, 1.82) is 0 Å². The number of non-ortho nitro benzene ring substituents is 1. The molecule has 0 saturated carbocycles. The molecule has 0 aromatic heterocycles. The van der Waals surface area contributed by atoms with Crippen LogP contribution in [0.3, 0.4) is 0 Å². The molecule has 6 nitrogen and oxygen atoms in total. The van der Waals surface area contributed by atoms with Crippen molar-refractivity contribution in [1.82, 2.24) is 5.32 Å². The van der Waals surface area contributed by atoms with Gasteiger partial charge in [-0.25, -0.2) is 0 Å². The van der Waals surface area contributed by atoms with Gasteiger partial charge >= 0.3 is 0 Å². The third kappa shape index (κ3) is 3.84. The molecular weight excluding hydrogens is 368 g/mol. The van der Waals surface area contributed by atoms with Crippen molar-refractivity contribution in [2.75, 3.05) is 13.2 Å². The van der Waals surface area contributed by atoms with Crippen LogP contribution in [0.15, 0.2) is 60.7 Å². The van der Waals surface area contributed by atoms with Crippen molar-refractivity contribution >= 4 is 22.4 Å². The number of amides is 1. The van der Waals surface area contributed by atoms with E-state index >= 15 is 0 Å². The van der Waals surface area contributed by atoms with Gasteiger partial charge in [0.2, 0.25) is 0 Å². The van der Waals surface area contributed by atoms with E-state index in [-0.39, 0.29) is 23.6 Å². The maximum Gasteiger partial charge on any atom is 0.270 e. The first-order valence-corrected chi connectivity index (χ1v) is 9.66. The molecule has 3 aromatic carbocycles. The second-order valence-corrected chi connectivity index (χ2v) is 7.40. The third-order valence-electron chi connectivity index (χ3n) is 5.56. The largest absolute Gasteiger partial charge is 0.381 e. The maximum atomic E-state index is 13.1. The van der Waals surface area contributed by atoms with Gasteiger partial charge < -0.3 is 10.1 Å². The molecule has 1 heterocycles. The monoisotopic (exact) mass is 390 g/mol. The fourth-order valence-electron chi connectivity index (χ4n) is 3.97. The van der Waals surface area contributed by atoms with E-state index in [9.17, 15) is 14.9 Å². The summed E-state index contributed by atoms with van der Waals surface area (Å²) in [4.78, 5) is 23.8. The zero-order valence-electron chi connectivity index (χ0n) is 16.1. The highest BCUT2D eigenvalue weighted by Gasteiger charge is 2.30. The fourth-order valence-corrected chi connectivity index (χ4v) is 3.97. The van der Waals surface area contributed by atoms with E-state index in [4.69, 9.17) is 4.74 Å². The van der Waals surface area contributed by atoms with Crippen LogP contribution in [0.5, 0.6) is 0 Å². The molecule has 0 aliphatic carbocycles. The van der Waals surface area contributed by atoms with Crippen molar-refractivity contribution in [3.8, 4) is 0 Å². The van der Waals surface area contributed by atoms with Crippen molar-refractivity contribution in [3.05, 3.63) is 87.5 Å². The molecule has 148 valence electrons. The van der Waals surface area contributed by atoms with Crippen LogP contribution in [-0.2, 0) is 4.74 Å². The van der Waals surface area contributed by atoms with Gasteiger partial charge in [0.15, 0.2) is 0 Å². The first-order valence-electron chi connectivity index (χ1n) is 9.66. The van der Waals surface area contributed by atoms with Crippen LogP contribution in [0.1, 0.15) is 33.9 Å². The lowest BCUT2D eigenvalue weighted by Crippen LogP contribution is -2.34. The third-order valence-corrected chi connectivity index (χ3v) is 5.56. The van der Waals surface area contributed by atoms with Crippen molar-refractivity contribution in [2.45, 2.75) is 19.4 Å². The van der Waals surface area contributed by atoms with Gasteiger partial charge in [-0.15, -0.1) is 0 Å². The van der Waals surface area contributed by atoms with Gasteiger partial charge in [0, 0.05) is 30.2 Å². The van der Waals surface area contributed by atoms with Gasteiger partial charge in [-0.05, 0) is 35.2 Å². The number of carbonyl (C=O) groups excluding carboxylic acids is 1. The van der Waals surface area contributed by atoms with Gasteiger partial charge in [0.1, 0.15) is 0 Å². The molecule has 3 aromatic rings. The number of nitrogens with zero attached hydrogens (tertiary/aromatic N) is 1. The number of rotatable bonds is 5. The summed E-state index contributed by atoms with van der Waals surface area (Å²) in [5.41, 5.74) is 1.97. The lowest BCUT2D eigenvalue weighted by molar-refractivity contribution is -0.384. The molecule has 2 atom stereocenters. The number of aryl methyl sites for hydroxylation is 1. The number of hydrogen-bond acceptors (Lipinski definition) is 4. The van der Waals surface area contributed by atoms with Crippen molar-refractivity contribution < 1.29 is 14.5 Å². The number of benzene rings is 3. The van der Waals surface area contributed by atoms with Crippen LogP contribution in [-0.4, -0.2) is 24.0 Å². The Balaban J connectivity index is 1.73. The van der Waals surface area contributed by atoms with Gasteiger partial charge in [-0.1, -0.05) is 48.5 Å². The molecule has 0 radical (unpaired) electrons. The fraction of sp³-hybridized carbons (Fsp3) is 0.261. The Kier molecular flexibility index (Phi) is 5.27. The number of nitro groups is 1. The summed E-state index contributed by atoms with van der Waals surface area (Å²) in [7, 11) is 0. The number of hydrogen-bond donors (Lipinski definition) is 1. The molecule has 0 bridgehead atoms. The summed E-state index contributed by atoms with van der Waals surface area (Å²) in [6.45, 7) is 3.02. The predicted octanol–water partition coefficient (Wildman–Crippen LogP) is 4.56. The number of nitro benzene ring substituents is 1. The highest BCUT2D eigenvalue weighted by atomic mass is 16.6. The summed E-state index contributed by atoms with van der Waals surface area (Å²) in [6, 6.07) is 18.3. The molecule has 1 fully saturated rings. The molecule has 6 heteroatoms. The molecule has 2 unspecified atom stereocenters. The number of ether oxygens (including phenoxy) is 1. The van der Waals surface area contributed by atoms with Crippen LogP contribution in [0.2, 0.25) is 0 Å². The molecule has 1 amide bonds. The van der Waals surface area contributed by atoms with E-state index in [2.05, 4.69) is 11.4 Å². The lowest BCUT2D eigenvalue weighted by Gasteiger charge is -2.26. The van der Waals surface area contributed by atoms with Crippen LogP contribution >= 0.6 is 0 Å². The topological polar surface area (TPSA) is 81.5 Å². The lowest BCUT2D eigenvalue weighted by atomic mass is 9.88. The summed E-state index contributed by atoms with van der Waals surface area (Å²) in [6.07, 6.45) is 0.849. The quantitative estimate of drug-likeness (QED) is 0.511. The van der Waals surface area contributed by atoms with Crippen LogP contribution in [0, 0.1) is 23.0 Å². The van der Waals surface area contributed by atoms with E-state index in [1.807, 2.05) is 36.4 Å². The normalized spacial score (nSPS) is 17.2. The second-order valence-electron chi connectivity index (χ2n) is 7.40. The Bertz CT molecular complexity index is 1070. The smallest absolute Gasteiger partial charge is 0.270 e. The van der Waals surface area contributed by atoms with E-state index in [1.54, 1.807) is 13.0 Å². The highest BCUT2D eigenvalue weighted by Crippen LogP contribution is 2.33. The second kappa shape index (κ2) is 8.01. The van der Waals surface area contributed by atoms with E-state index in [1.165, 1.54) is 12.1 Å². The van der Waals surface area contributed by atoms with Crippen LogP contribution in [0.25, 0.3) is 10.8 Å².